The Morgan fingerprint density at radius 3 is 2.85 bits per heavy atom. The Morgan fingerprint density at radius 2 is 2.31 bits per heavy atom. The Morgan fingerprint density at radius 1 is 1.54 bits per heavy atom. The number of nitrogens with two attached hydrogens (primary N) is 2. The Kier molecular flexibility index (Phi) is 3.53. The van der Waals surface area contributed by atoms with Crippen LogP contribution in [-0.2, 0) is 6.42 Å². The van der Waals surface area contributed by atoms with Gasteiger partial charge in [0.2, 0.25) is 0 Å². The number of aliphatic hydroxyl groups is 1. The van der Waals surface area contributed by atoms with Crippen LogP contribution in [0.2, 0.25) is 0 Å². The van der Waals surface area contributed by atoms with Crippen molar-refractivity contribution in [2.45, 2.75) is 6.42 Å². The second-order valence-corrected chi connectivity index (χ2v) is 2.69. The van der Waals surface area contributed by atoms with Crippen molar-refractivity contribution in [2.75, 3.05) is 31.3 Å². The number of aliphatic hydroxyl groups excluding tert-OH is 1. The predicted molar refractivity (Wildman–Crippen MR) is 50.4 cm³/mol. The summed E-state index contributed by atoms with van der Waals surface area (Å²) in [5.74, 6) is 6.76. The van der Waals surface area contributed by atoms with Crippen LogP contribution in [0.1, 0.15) is 5.82 Å². The van der Waals surface area contributed by atoms with Gasteiger partial charge in [0.05, 0.1) is 12.8 Å². The van der Waals surface area contributed by atoms with Crippen LogP contribution in [0.5, 0.6) is 0 Å². The van der Waals surface area contributed by atoms with Crippen LogP contribution < -0.4 is 16.9 Å². The molecule has 0 unspecified atom stereocenters. The third kappa shape index (κ3) is 2.60. The van der Waals surface area contributed by atoms with Crippen molar-refractivity contribution in [3.05, 3.63) is 12.0 Å². The molecular weight excluding hydrogens is 170 g/mol. The summed E-state index contributed by atoms with van der Waals surface area (Å²) in [6.45, 7) is 1.45. The topological polar surface area (TPSA) is 102 Å². The zero-order valence-electron chi connectivity index (χ0n) is 7.40. The molecule has 0 spiro atoms. The fraction of sp³-hybridized carbons (Fsp3) is 0.571. The van der Waals surface area contributed by atoms with Gasteiger partial charge in [-0.15, -0.1) is 0 Å². The average molecular weight is 185 g/mol. The van der Waals surface area contributed by atoms with E-state index >= 15 is 0 Å². The van der Waals surface area contributed by atoms with Gasteiger partial charge >= 0.3 is 0 Å². The van der Waals surface area contributed by atoms with Crippen LogP contribution in [-0.4, -0.2) is 34.5 Å². The number of aromatic nitrogens is 2. The molecule has 0 bridgehead atoms. The third-order valence-corrected chi connectivity index (χ3v) is 1.72. The first-order chi connectivity index (χ1) is 6.25. The molecule has 1 heterocycles. The van der Waals surface area contributed by atoms with Gasteiger partial charge in [-0.05, 0) is 0 Å². The molecular formula is C7H15N5O. The molecule has 6 heteroatoms. The van der Waals surface area contributed by atoms with E-state index in [1.807, 2.05) is 0 Å². The van der Waals surface area contributed by atoms with E-state index < -0.39 is 0 Å². The first-order valence-corrected chi connectivity index (χ1v) is 4.14. The monoisotopic (exact) mass is 185 g/mol. The van der Waals surface area contributed by atoms with Crippen LogP contribution in [0, 0.1) is 0 Å². The van der Waals surface area contributed by atoms with Gasteiger partial charge in [-0.3, -0.25) is 0 Å². The van der Waals surface area contributed by atoms with Gasteiger partial charge in [0.15, 0.2) is 0 Å². The second kappa shape index (κ2) is 4.68. The average Bonchev–Trinajstić information content (AvgIpc) is 2.43. The highest BCUT2D eigenvalue weighted by molar-refractivity contribution is 5.27. The molecule has 1 rings (SSSR count). The Bertz CT molecular complexity index is 259. The molecule has 0 fully saturated rings. The Balaban J connectivity index is 2.32. The summed E-state index contributed by atoms with van der Waals surface area (Å²) in [4.78, 5) is 4.02. The number of nitrogens with one attached hydrogen (secondary N) is 1. The van der Waals surface area contributed by atoms with Gasteiger partial charge in [0.25, 0.3) is 0 Å². The molecule has 0 saturated carbocycles. The summed E-state index contributed by atoms with van der Waals surface area (Å²) in [5.41, 5.74) is 5.49. The van der Waals surface area contributed by atoms with Gasteiger partial charge in [0.1, 0.15) is 11.6 Å². The quantitative estimate of drug-likeness (QED) is 0.323. The van der Waals surface area contributed by atoms with Crippen LogP contribution in [0.15, 0.2) is 6.20 Å². The summed E-state index contributed by atoms with van der Waals surface area (Å²) in [5, 5.41) is 11.5. The lowest BCUT2D eigenvalue weighted by atomic mass is 10.4. The molecule has 13 heavy (non-hydrogen) atoms. The highest BCUT2D eigenvalue weighted by Crippen LogP contribution is 2.01. The van der Waals surface area contributed by atoms with Gasteiger partial charge in [0, 0.05) is 19.5 Å². The molecule has 0 aliphatic rings. The minimum atomic E-state index is 0.138. The molecule has 0 saturated heterocycles. The largest absolute Gasteiger partial charge is 0.395 e. The summed E-state index contributed by atoms with van der Waals surface area (Å²) in [6, 6.07) is 0. The number of hydrogen-bond donors (Lipinski definition) is 4. The standard InChI is InChI=1S/C7H15N5O/c8-6-5-11-7(12(6)9)1-2-10-3-4-13/h5,10,13H,1-4,8-9H2. The van der Waals surface area contributed by atoms with Gasteiger partial charge in [-0.2, -0.15) is 0 Å². The maximum absolute atomic E-state index is 8.49. The van der Waals surface area contributed by atoms with Crippen molar-refractivity contribution in [2.24, 2.45) is 0 Å². The number of rotatable bonds is 5. The SMILES string of the molecule is Nc1cnc(CCNCCO)n1N. The van der Waals surface area contributed by atoms with E-state index in [2.05, 4.69) is 10.3 Å². The van der Waals surface area contributed by atoms with Crippen LogP contribution in [0.3, 0.4) is 0 Å². The van der Waals surface area contributed by atoms with E-state index in [-0.39, 0.29) is 6.61 Å². The van der Waals surface area contributed by atoms with E-state index in [4.69, 9.17) is 16.7 Å². The minimum absolute atomic E-state index is 0.138. The summed E-state index contributed by atoms with van der Waals surface area (Å²) < 4.78 is 1.36. The smallest absolute Gasteiger partial charge is 0.142 e. The molecule has 6 N–H and O–H groups in total. The molecule has 0 aliphatic carbocycles. The van der Waals surface area contributed by atoms with Crippen molar-refractivity contribution >= 4 is 5.82 Å². The molecule has 1 aromatic heterocycles. The van der Waals surface area contributed by atoms with Crippen molar-refractivity contribution < 1.29 is 5.11 Å². The van der Waals surface area contributed by atoms with E-state index in [0.29, 0.717) is 18.8 Å². The highest BCUT2D eigenvalue weighted by Gasteiger charge is 2.02. The van der Waals surface area contributed by atoms with Crippen molar-refractivity contribution in [3.63, 3.8) is 0 Å². The van der Waals surface area contributed by atoms with Gasteiger partial charge in [-0.1, -0.05) is 0 Å². The molecule has 1 aromatic rings. The van der Waals surface area contributed by atoms with Crippen molar-refractivity contribution in [1.82, 2.24) is 15.0 Å². The van der Waals surface area contributed by atoms with Crippen molar-refractivity contribution in [1.29, 1.82) is 0 Å². The number of imidazole rings is 1. The summed E-state index contributed by atoms with van der Waals surface area (Å²) in [6.07, 6.45) is 2.23. The molecule has 0 atom stereocenters. The second-order valence-electron chi connectivity index (χ2n) is 2.69. The van der Waals surface area contributed by atoms with E-state index in [1.54, 1.807) is 0 Å². The number of anilines is 1. The van der Waals surface area contributed by atoms with Crippen LogP contribution >= 0.6 is 0 Å². The lowest BCUT2D eigenvalue weighted by Gasteiger charge is -2.03. The zero-order valence-corrected chi connectivity index (χ0v) is 7.40. The fourth-order valence-electron chi connectivity index (χ4n) is 1.00. The first-order valence-electron chi connectivity index (χ1n) is 4.14. The lowest BCUT2D eigenvalue weighted by Crippen LogP contribution is -2.24. The normalized spacial score (nSPS) is 10.5. The minimum Gasteiger partial charge on any atom is -0.395 e. The summed E-state index contributed by atoms with van der Waals surface area (Å²) in [7, 11) is 0. The maximum atomic E-state index is 8.49. The Labute approximate surface area is 76.5 Å². The van der Waals surface area contributed by atoms with E-state index in [9.17, 15) is 0 Å². The number of nitrogen functional groups attached to an aromatic ring is 2. The predicted octanol–water partition coefficient (Wildman–Crippen LogP) is -1.70. The highest BCUT2D eigenvalue weighted by atomic mass is 16.3. The lowest BCUT2D eigenvalue weighted by molar-refractivity contribution is 0.292. The number of nitrogens with zero attached hydrogens (tertiary/aromatic N) is 2. The van der Waals surface area contributed by atoms with Crippen molar-refractivity contribution in [3.8, 4) is 0 Å². The number of hydrogen-bond acceptors (Lipinski definition) is 5. The summed E-state index contributed by atoms with van der Waals surface area (Å²) >= 11 is 0. The fourth-order valence-corrected chi connectivity index (χ4v) is 1.00. The maximum Gasteiger partial charge on any atom is 0.142 e. The molecule has 0 aromatic carbocycles. The van der Waals surface area contributed by atoms with Crippen LogP contribution in [0.4, 0.5) is 5.82 Å². The van der Waals surface area contributed by atoms with Gasteiger partial charge in [-0.25, -0.2) is 9.66 Å². The van der Waals surface area contributed by atoms with E-state index in [1.165, 1.54) is 10.9 Å². The zero-order chi connectivity index (χ0) is 9.68. The van der Waals surface area contributed by atoms with E-state index in [0.717, 1.165) is 12.4 Å². The molecule has 0 amide bonds. The molecule has 0 radical (unpaired) electrons. The molecule has 0 aliphatic heterocycles. The van der Waals surface area contributed by atoms with Crippen LogP contribution in [0.25, 0.3) is 0 Å². The molecule has 6 nitrogen and oxygen atoms in total. The van der Waals surface area contributed by atoms with Gasteiger partial charge < -0.3 is 22.0 Å². The first kappa shape index (κ1) is 9.82. The molecule has 74 valence electrons. The third-order valence-electron chi connectivity index (χ3n) is 1.72. The Hall–Kier alpha value is -1.27.